The molecule has 1 aliphatic rings. The number of hydrogen-bond acceptors (Lipinski definition) is 4. The monoisotopic (exact) mass is 355 g/mol. The molecular formula is C19H21N3O2S. The molecule has 0 atom stereocenters. The summed E-state index contributed by atoms with van der Waals surface area (Å²) in [6, 6.07) is 11.1. The Morgan fingerprint density at radius 2 is 1.96 bits per heavy atom. The number of hydrogen-bond donors (Lipinski definition) is 1. The molecule has 0 saturated carbocycles. The third-order valence-electron chi connectivity index (χ3n) is 4.10. The number of carbonyl (C=O) groups excluding carboxylic acids is 2. The first kappa shape index (κ1) is 17.5. The number of aromatic nitrogens is 1. The van der Waals surface area contributed by atoms with Crippen molar-refractivity contribution in [1.29, 1.82) is 0 Å². The summed E-state index contributed by atoms with van der Waals surface area (Å²) in [4.78, 5) is 31.7. The molecule has 25 heavy (non-hydrogen) atoms. The van der Waals surface area contributed by atoms with Gasteiger partial charge in [0.15, 0.2) is 0 Å². The number of amides is 2. The SMILES string of the molecule is Cc1ccnc(NC(=O)c2ccccc2SCC(=O)N2CCCC2)c1. The van der Waals surface area contributed by atoms with E-state index in [2.05, 4.69) is 10.3 Å². The van der Waals surface area contributed by atoms with Crippen LogP contribution in [0.3, 0.4) is 0 Å². The van der Waals surface area contributed by atoms with Crippen molar-refractivity contribution in [2.45, 2.75) is 24.7 Å². The van der Waals surface area contributed by atoms with E-state index < -0.39 is 0 Å². The maximum atomic E-state index is 12.6. The van der Waals surface area contributed by atoms with Gasteiger partial charge in [0.05, 0.1) is 11.3 Å². The standard InChI is InChI=1S/C19H21N3O2S/c1-14-8-9-20-17(12-14)21-19(24)15-6-2-3-7-16(15)25-13-18(23)22-10-4-5-11-22/h2-3,6-9,12H,4-5,10-11,13H2,1H3,(H,20,21,24). The van der Waals surface area contributed by atoms with Crippen molar-refractivity contribution in [3.63, 3.8) is 0 Å². The Morgan fingerprint density at radius 3 is 2.72 bits per heavy atom. The largest absolute Gasteiger partial charge is 0.342 e. The van der Waals surface area contributed by atoms with Crippen molar-refractivity contribution in [3.8, 4) is 0 Å². The van der Waals surface area contributed by atoms with Gasteiger partial charge in [0.1, 0.15) is 5.82 Å². The number of likely N-dealkylation sites (tertiary alicyclic amines) is 1. The fraction of sp³-hybridized carbons (Fsp3) is 0.316. The Morgan fingerprint density at radius 1 is 1.20 bits per heavy atom. The Bertz CT molecular complexity index is 773. The maximum Gasteiger partial charge on any atom is 0.257 e. The van der Waals surface area contributed by atoms with E-state index in [-0.39, 0.29) is 11.8 Å². The van der Waals surface area contributed by atoms with Crippen molar-refractivity contribution >= 4 is 29.4 Å². The molecule has 0 unspecified atom stereocenters. The van der Waals surface area contributed by atoms with E-state index in [9.17, 15) is 9.59 Å². The minimum absolute atomic E-state index is 0.137. The molecule has 1 aliphatic heterocycles. The Kier molecular flexibility index (Phi) is 5.71. The molecule has 5 nitrogen and oxygen atoms in total. The molecule has 0 radical (unpaired) electrons. The first-order valence-corrected chi connectivity index (χ1v) is 9.35. The average molecular weight is 355 g/mol. The van der Waals surface area contributed by atoms with Crippen molar-refractivity contribution in [2.24, 2.45) is 0 Å². The van der Waals surface area contributed by atoms with Crippen LogP contribution < -0.4 is 5.32 Å². The normalized spacial score (nSPS) is 13.7. The zero-order valence-corrected chi connectivity index (χ0v) is 15.0. The van der Waals surface area contributed by atoms with Gasteiger partial charge in [-0.25, -0.2) is 4.98 Å². The molecule has 6 heteroatoms. The highest BCUT2D eigenvalue weighted by Crippen LogP contribution is 2.24. The van der Waals surface area contributed by atoms with Crippen LogP contribution in [0, 0.1) is 6.92 Å². The number of benzene rings is 1. The van der Waals surface area contributed by atoms with Crippen molar-refractivity contribution < 1.29 is 9.59 Å². The van der Waals surface area contributed by atoms with Gasteiger partial charge in [-0.05, 0) is 49.6 Å². The Labute approximate surface area is 151 Å². The predicted octanol–water partition coefficient (Wildman–Crippen LogP) is 3.36. The van der Waals surface area contributed by atoms with Crippen LogP contribution in [0.1, 0.15) is 28.8 Å². The number of aryl methyl sites for hydroxylation is 1. The maximum absolute atomic E-state index is 12.6. The van der Waals surface area contributed by atoms with Crippen LogP contribution in [-0.2, 0) is 4.79 Å². The number of rotatable bonds is 5. The van der Waals surface area contributed by atoms with Crippen molar-refractivity contribution in [2.75, 3.05) is 24.2 Å². The highest BCUT2D eigenvalue weighted by atomic mass is 32.2. The number of thioether (sulfide) groups is 1. The van der Waals surface area contributed by atoms with E-state index in [1.165, 1.54) is 11.8 Å². The summed E-state index contributed by atoms with van der Waals surface area (Å²) in [7, 11) is 0. The van der Waals surface area contributed by atoms with Gasteiger partial charge in [-0.2, -0.15) is 0 Å². The predicted molar refractivity (Wildman–Crippen MR) is 99.9 cm³/mol. The second kappa shape index (κ2) is 8.16. The van der Waals surface area contributed by atoms with Crippen LogP contribution in [0.4, 0.5) is 5.82 Å². The summed E-state index contributed by atoms with van der Waals surface area (Å²) >= 11 is 1.41. The van der Waals surface area contributed by atoms with Gasteiger partial charge in [-0.15, -0.1) is 11.8 Å². The van der Waals surface area contributed by atoms with E-state index in [4.69, 9.17) is 0 Å². The van der Waals surface area contributed by atoms with E-state index >= 15 is 0 Å². The minimum Gasteiger partial charge on any atom is -0.342 e. The fourth-order valence-corrected chi connectivity index (χ4v) is 3.72. The summed E-state index contributed by atoms with van der Waals surface area (Å²) in [6.45, 7) is 3.65. The van der Waals surface area contributed by atoms with Crippen LogP contribution in [-0.4, -0.2) is 40.5 Å². The molecule has 0 bridgehead atoms. The third-order valence-corrected chi connectivity index (χ3v) is 5.16. The fourth-order valence-electron chi connectivity index (χ4n) is 2.77. The molecule has 1 saturated heterocycles. The van der Waals surface area contributed by atoms with E-state index in [1.807, 2.05) is 42.2 Å². The molecule has 2 heterocycles. The van der Waals surface area contributed by atoms with Gasteiger partial charge in [0.25, 0.3) is 5.91 Å². The zero-order chi connectivity index (χ0) is 17.6. The lowest BCUT2D eigenvalue weighted by molar-refractivity contribution is -0.127. The summed E-state index contributed by atoms with van der Waals surface area (Å²) < 4.78 is 0. The number of anilines is 1. The smallest absolute Gasteiger partial charge is 0.257 e. The highest BCUT2D eigenvalue weighted by molar-refractivity contribution is 8.00. The molecule has 130 valence electrons. The molecule has 2 aromatic rings. The molecule has 1 fully saturated rings. The zero-order valence-electron chi connectivity index (χ0n) is 14.2. The molecule has 1 aromatic heterocycles. The number of nitrogens with one attached hydrogen (secondary N) is 1. The molecule has 3 rings (SSSR count). The molecule has 1 N–H and O–H groups in total. The summed E-state index contributed by atoms with van der Waals surface area (Å²) in [5.41, 5.74) is 1.59. The summed E-state index contributed by atoms with van der Waals surface area (Å²) in [5, 5.41) is 2.82. The van der Waals surface area contributed by atoms with Crippen LogP contribution in [0.5, 0.6) is 0 Å². The van der Waals surface area contributed by atoms with Crippen LogP contribution in [0.25, 0.3) is 0 Å². The second-order valence-electron chi connectivity index (χ2n) is 6.05. The average Bonchev–Trinajstić information content (AvgIpc) is 3.14. The Hall–Kier alpha value is -2.34. The van der Waals surface area contributed by atoms with Gasteiger partial charge >= 0.3 is 0 Å². The lowest BCUT2D eigenvalue weighted by atomic mass is 10.2. The lowest BCUT2D eigenvalue weighted by Gasteiger charge is -2.15. The second-order valence-corrected chi connectivity index (χ2v) is 7.06. The lowest BCUT2D eigenvalue weighted by Crippen LogP contribution is -2.29. The first-order chi connectivity index (χ1) is 12.1. The molecule has 2 amide bonds. The summed E-state index contributed by atoms with van der Waals surface area (Å²) in [6.07, 6.45) is 3.83. The minimum atomic E-state index is -0.213. The number of nitrogens with zero attached hydrogens (tertiary/aromatic N) is 2. The van der Waals surface area contributed by atoms with Gasteiger partial charge in [0.2, 0.25) is 5.91 Å². The van der Waals surface area contributed by atoms with Gasteiger partial charge < -0.3 is 10.2 Å². The molecule has 0 aliphatic carbocycles. The van der Waals surface area contributed by atoms with Crippen LogP contribution in [0.15, 0.2) is 47.5 Å². The Balaban J connectivity index is 1.67. The van der Waals surface area contributed by atoms with Crippen molar-refractivity contribution in [1.82, 2.24) is 9.88 Å². The first-order valence-electron chi connectivity index (χ1n) is 8.37. The molecule has 1 aromatic carbocycles. The van der Waals surface area contributed by atoms with Crippen LogP contribution >= 0.6 is 11.8 Å². The number of pyridine rings is 1. The number of carbonyl (C=O) groups is 2. The highest BCUT2D eigenvalue weighted by Gasteiger charge is 2.19. The van der Waals surface area contributed by atoms with E-state index in [0.717, 1.165) is 36.4 Å². The molecular weight excluding hydrogens is 334 g/mol. The van der Waals surface area contributed by atoms with Gasteiger partial charge in [-0.1, -0.05) is 12.1 Å². The quantitative estimate of drug-likeness (QED) is 0.836. The molecule has 0 spiro atoms. The third kappa shape index (κ3) is 4.60. The van der Waals surface area contributed by atoms with E-state index in [0.29, 0.717) is 17.1 Å². The topological polar surface area (TPSA) is 62.3 Å². The summed E-state index contributed by atoms with van der Waals surface area (Å²) in [5.74, 6) is 0.804. The van der Waals surface area contributed by atoms with Crippen molar-refractivity contribution in [3.05, 3.63) is 53.7 Å². The van der Waals surface area contributed by atoms with Gasteiger partial charge in [0, 0.05) is 24.2 Å². The van der Waals surface area contributed by atoms with Gasteiger partial charge in [-0.3, -0.25) is 9.59 Å². The van der Waals surface area contributed by atoms with E-state index in [1.54, 1.807) is 12.3 Å². The van der Waals surface area contributed by atoms with Crippen LogP contribution in [0.2, 0.25) is 0 Å².